The fourth-order valence-corrected chi connectivity index (χ4v) is 2.62. The molecule has 0 saturated heterocycles. The van der Waals surface area contributed by atoms with Gasteiger partial charge in [0.1, 0.15) is 6.04 Å². The molecule has 3 rings (SSSR count). The zero-order valence-electron chi connectivity index (χ0n) is 11.0. The first-order chi connectivity index (χ1) is 10.2. The summed E-state index contributed by atoms with van der Waals surface area (Å²) in [6.07, 6.45) is 3.02. The quantitative estimate of drug-likeness (QED) is 0.776. The van der Waals surface area contributed by atoms with E-state index in [9.17, 15) is 4.79 Å². The Balaban J connectivity index is 1.69. The molecule has 106 valence electrons. The molecule has 0 aliphatic heterocycles. The molecule has 0 aliphatic rings. The fraction of sp³-hybridized carbons (Fsp3) is 0.0667. The summed E-state index contributed by atoms with van der Waals surface area (Å²) in [6.45, 7) is 0. The van der Waals surface area contributed by atoms with Crippen molar-refractivity contribution in [3.63, 3.8) is 0 Å². The molecule has 5 nitrogen and oxygen atoms in total. The highest BCUT2D eigenvalue weighted by Gasteiger charge is 2.16. The molecule has 3 N–H and O–H groups in total. The normalized spacial score (nSPS) is 12.0. The van der Waals surface area contributed by atoms with Crippen molar-refractivity contribution < 1.29 is 9.21 Å². The summed E-state index contributed by atoms with van der Waals surface area (Å²) in [7, 11) is 0. The molecule has 0 fully saturated rings. The standard InChI is InChI=1S/C15H13N3O2S/c16-14(13-2-1-7-21-13)15(19)18-11-5-3-10(4-6-11)12-8-17-9-20-12/h1-9,14H,16H2,(H,18,19). The number of benzene rings is 1. The molecular weight excluding hydrogens is 286 g/mol. The Labute approximate surface area is 125 Å². The molecule has 21 heavy (non-hydrogen) atoms. The van der Waals surface area contributed by atoms with Crippen LogP contribution in [0.1, 0.15) is 10.9 Å². The molecule has 3 aromatic rings. The molecule has 0 bridgehead atoms. The van der Waals surface area contributed by atoms with Crippen LogP contribution in [0.15, 0.2) is 58.8 Å². The molecule has 2 heterocycles. The third-order valence-electron chi connectivity index (χ3n) is 3.00. The topological polar surface area (TPSA) is 81.2 Å². The zero-order valence-corrected chi connectivity index (χ0v) is 11.8. The molecule has 0 aliphatic carbocycles. The van der Waals surface area contributed by atoms with Crippen LogP contribution in [0.5, 0.6) is 0 Å². The van der Waals surface area contributed by atoms with Gasteiger partial charge in [-0.2, -0.15) is 0 Å². The largest absolute Gasteiger partial charge is 0.444 e. The van der Waals surface area contributed by atoms with E-state index in [4.69, 9.17) is 10.2 Å². The van der Waals surface area contributed by atoms with E-state index in [0.717, 1.165) is 10.4 Å². The minimum absolute atomic E-state index is 0.232. The Hall–Kier alpha value is -2.44. The van der Waals surface area contributed by atoms with Crippen LogP contribution in [0.3, 0.4) is 0 Å². The van der Waals surface area contributed by atoms with Crippen LogP contribution in [0, 0.1) is 0 Å². The number of carbonyl (C=O) groups excluding carboxylic acids is 1. The number of amides is 1. The van der Waals surface area contributed by atoms with Gasteiger partial charge < -0.3 is 15.5 Å². The van der Waals surface area contributed by atoms with Gasteiger partial charge in [0.15, 0.2) is 12.2 Å². The lowest BCUT2D eigenvalue weighted by Gasteiger charge is -2.10. The van der Waals surface area contributed by atoms with Gasteiger partial charge in [0.2, 0.25) is 5.91 Å². The molecule has 6 heteroatoms. The molecule has 0 spiro atoms. The summed E-state index contributed by atoms with van der Waals surface area (Å²) in [5.41, 5.74) is 7.50. The van der Waals surface area contributed by atoms with Gasteiger partial charge in [0.25, 0.3) is 0 Å². The molecule has 0 saturated carbocycles. The average molecular weight is 299 g/mol. The number of nitrogens with two attached hydrogens (primary N) is 1. The number of oxazole rings is 1. The molecular formula is C15H13N3O2S. The number of anilines is 1. The van der Waals surface area contributed by atoms with Crippen LogP contribution >= 0.6 is 11.3 Å². The minimum atomic E-state index is -0.654. The summed E-state index contributed by atoms with van der Waals surface area (Å²) >= 11 is 1.47. The summed E-state index contributed by atoms with van der Waals surface area (Å²) in [5, 5.41) is 4.70. The highest BCUT2D eigenvalue weighted by Crippen LogP contribution is 2.22. The van der Waals surface area contributed by atoms with Crippen molar-refractivity contribution in [3.05, 3.63) is 59.2 Å². The second-order valence-electron chi connectivity index (χ2n) is 4.43. The Morgan fingerprint density at radius 1 is 1.29 bits per heavy atom. The second kappa shape index (κ2) is 5.90. The fourth-order valence-electron chi connectivity index (χ4n) is 1.89. The molecule has 0 radical (unpaired) electrons. The van der Waals surface area contributed by atoms with Crippen LogP contribution in [0.25, 0.3) is 11.3 Å². The Morgan fingerprint density at radius 3 is 2.71 bits per heavy atom. The van der Waals surface area contributed by atoms with Gasteiger partial charge in [-0.3, -0.25) is 4.79 Å². The number of hydrogen-bond acceptors (Lipinski definition) is 5. The smallest absolute Gasteiger partial charge is 0.246 e. The highest BCUT2D eigenvalue weighted by atomic mass is 32.1. The SMILES string of the molecule is NC(C(=O)Nc1ccc(-c2cnco2)cc1)c1cccs1. The number of nitrogens with zero attached hydrogens (tertiary/aromatic N) is 1. The maximum atomic E-state index is 12.1. The van der Waals surface area contributed by atoms with Crippen molar-refractivity contribution in [2.24, 2.45) is 5.73 Å². The van der Waals surface area contributed by atoms with Crippen LogP contribution in [-0.2, 0) is 4.79 Å². The van der Waals surface area contributed by atoms with E-state index in [2.05, 4.69) is 10.3 Å². The second-order valence-corrected chi connectivity index (χ2v) is 5.40. The predicted octanol–water partition coefficient (Wildman–Crippen LogP) is 3.04. The predicted molar refractivity (Wildman–Crippen MR) is 81.8 cm³/mol. The van der Waals surface area contributed by atoms with E-state index < -0.39 is 6.04 Å². The zero-order chi connectivity index (χ0) is 14.7. The van der Waals surface area contributed by atoms with Crippen LogP contribution in [0.2, 0.25) is 0 Å². The first kappa shape index (κ1) is 13.5. The van der Waals surface area contributed by atoms with Gasteiger partial charge >= 0.3 is 0 Å². The Morgan fingerprint density at radius 2 is 2.10 bits per heavy atom. The van der Waals surface area contributed by atoms with Crippen LogP contribution in [-0.4, -0.2) is 10.9 Å². The van der Waals surface area contributed by atoms with E-state index in [1.807, 2.05) is 29.6 Å². The monoisotopic (exact) mass is 299 g/mol. The van der Waals surface area contributed by atoms with Crippen molar-refractivity contribution in [2.75, 3.05) is 5.32 Å². The minimum Gasteiger partial charge on any atom is -0.444 e. The van der Waals surface area contributed by atoms with E-state index in [1.165, 1.54) is 17.7 Å². The molecule has 2 aromatic heterocycles. The lowest BCUT2D eigenvalue weighted by Crippen LogP contribution is -2.26. The molecule has 1 aromatic carbocycles. The average Bonchev–Trinajstić information content (AvgIpc) is 3.20. The van der Waals surface area contributed by atoms with Gasteiger partial charge in [-0.05, 0) is 35.7 Å². The number of nitrogens with one attached hydrogen (secondary N) is 1. The number of hydrogen-bond donors (Lipinski definition) is 2. The van der Waals surface area contributed by atoms with E-state index in [0.29, 0.717) is 11.4 Å². The van der Waals surface area contributed by atoms with E-state index in [-0.39, 0.29) is 5.91 Å². The van der Waals surface area contributed by atoms with Crippen molar-refractivity contribution in [1.29, 1.82) is 0 Å². The molecule has 1 amide bonds. The third-order valence-corrected chi connectivity index (χ3v) is 3.96. The first-order valence-electron chi connectivity index (χ1n) is 6.33. The Kier molecular flexibility index (Phi) is 3.81. The summed E-state index contributed by atoms with van der Waals surface area (Å²) in [6, 6.07) is 10.4. The third kappa shape index (κ3) is 3.01. The number of aromatic nitrogens is 1. The van der Waals surface area contributed by atoms with Crippen LogP contribution < -0.4 is 11.1 Å². The van der Waals surface area contributed by atoms with Gasteiger partial charge in [0, 0.05) is 16.1 Å². The first-order valence-corrected chi connectivity index (χ1v) is 7.21. The van der Waals surface area contributed by atoms with Crippen molar-refractivity contribution in [3.8, 4) is 11.3 Å². The molecule has 1 atom stereocenters. The van der Waals surface area contributed by atoms with Gasteiger partial charge in [0.05, 0.1) is 6.20 Å². The maximum Gasteiger partial charge on any atom is 0.246 e. The number of thiophene rings is 1. The number of carbonyl (C=O) groups is 1. The summed E-state index contributed by atoms with van der Waals surface area (Å²) in [4.78, 5) is 16.8. The van der Waals surface area contributed by atoms with Crippen molar-refractivity contribution in [1.82, 2.24) is 4.98 Å². The lowest BCUT2D eigenvalue weighted by molar-refractivity contribution is -0.117. The highest BCUT2D eigenvalue weighted by molar-refractivity contribution is 7.10. The molecule has 1 unspecified atom stereocenters. The lowest BCUT2D eigenvalue weighted by atomic mass is 10.1. The van der Waals surface area contributed by atoms with Gasteiger partial charge in [-0.1, -0.05) is 6.07 Å². The van der Waals surface area contributed by atoms with Crippen molar-refractivity contribution in [2.45, 2.75) is 6.04 Å². The van der Waals surface area contributed by atoms with Crippen LogP contribution in [0.4, 0.5) is 5.69 Å². The van der Waals surface area contributed by atoms with Crippen molar-refractivity contribution >= 4 is 22.9 Å². The maximum absolute atomic E-state index is 12.1. The van der Waals surface area contributed by atoms with E-state index >= 15 is 0 Å². The summed E-state index contributed by atoms with van der Waals surface area (Å²) in [5.74, 6) is 0.452. The number of rotatable bonds is 4. The summed E-state index contributed by atoms with van der Waals surface area (Å²) < 4.78 is 5.21. The van der Waals surface area contributed by atoms with Gasteiger partial charge in [-0.15, -0.1) is 11.3 Å². The Bertz CT molecular complexity index is 706. The van der Waals surface area contributed by atoms with Gasteiger partial charge in [-0.25, -0.2) is 4.98 Å². The van der Waals surface area contributed by atoms with E-state index in [1.54, 1.807) is 18.3 Å².